The minimum absolute atomic E-state index is 0.00578. The van der Waals surface area contributed by atoms with Crippen molar-refractivity contribution >= 4 is 34.5 Å². The molecule has 0 aliphatic heterocycles. The smallest absolute Gasteiger partial charge is 0.269 e. The second-order valence-electron chi connectivity index (χ2n) is 9.53. The number of ether oxygens (including phenoxy) is 1. The summed E-state index contributed by atoms with van der Waals surface area (Å²) in [4.78, 5) is 29.9. The van der Waals surface area contributed by atoms with Crippen molar-refractivity contribution in [3.8, 4) is 28.7 Å². The lowest BCUT2D eigenvalue weighted by atomic mass is 10.2. The number of aromatic amines is 1. The molecule has 0 bridgehead atoms. The lowest BCUT2D eigenvalue weighted by Crippen LogP contribution is -2.10. The van der Waals surface area contributed by atoms with E-state index in [0.29, 0.717) is 45.5 Å². The molecule has 6 aromatic rings. The van der Waals surface area contributed by atoms with E-state index in [4.69, 9.17) is 15.6 Å². The van der Waals surface area contributed by atoms with Crippen LogP contribution >= 0.6 is 0 Å². The molecule has 4 N–H and O–H groups in total. The zero-order valence-electron chi connectivity index (χ0n) is 22.8. The molecule has 0 aliphatic rings. The number of rotatable bonds is 9. The van der Waals surface area contributed by atoms with E-state index in [0.717, 1.165) is 16.8 Å². The van der Waals surface area contributed by atoms with Gasteiger partial charge in [0.2, 0.25) is 11.8 Å². The Kier molecular flexibility index (Phi) is 7.06. The zero-order valence-corrected chi connectivity index (χ0v) is 22.8. The highest BCUT2D eigenvalue weighted by Crippen LogP contribution is 2.31. The third kappa shape index (κ3) is 5.65. The van der Waals surface area contributed by atoms with E-state index in [1.54, 1.807) is 41.2 Å². The summed E-state index contributed by atoms with van der Waals surface area (Å²) < 4.78 is 8.08. The molecule has 0 saturated heterocycles. The number of aromatic nitrogens is 4. The number of primary amides is 1. The van der Waals surface area contributed by atoms with Gasteiger partial charge in [-0.2, -0.15) is 14.9 Å². The van der Waals surface area contributed by atoms with E-state index in [-0.39, 0.29) is 5.69 Å². The number of aryl methyl sites for hydroxylation is 1. The van der Waals surface area contributed by atoms with Crippen LogP contribution in [0.3, 0.4) is 0 Å². The Morgan fingerprint density at radius 3 is 2.49 bits per heavy atom. The molecule has 2 aromatic heterocycles. The molecule has 1 amide bonds. The van der Waals surface area contributed by atoms with Gasteiger partial charge in [-0.1, -0.05) is 18.2 Å². The van der Waals surface area contributed by atoms with Gasteiger partial charge in [-0.15, -0.1) is 0 Å². The standard InChI is InChI=1S/C31H24N8O4/c1-19-26(18-33-36-22-10-12-24(13-11-22)39(41)42)31(38(37-19)23-5-3-2-4-6-23)43-25-14-7-20(8-15-25)30-34-27-16-9-21(29(32)40)17-28(27)35-30/h2-18,36H,1H3,(H2,32,40)(H,34,35)/b33-18+. The first-order valence-electron chi connectivity index (χ1n) is 13.1. The first kappa shape index (κ1) is 26.9. The summed E-state index contributed by atoms with van der Waals surface area (Å²) in [6.07, 6.45) is 1.60. The summed E-state index contributed by atoms with van der Waals surface area (Å²) in [5.41, 5.74) is 13.6. The van der Waals surface area contributed by atoms with Gasteiger partial charge in [0.1, 0.15) is 11.6 Å². The molecule has 0 saturated carbocycles. The van der Waals surface area contributed by atoms with Crippen molar-refractivity contribution in [1.29, 1.82) is 0 Å². The number of hydrazone groups is 1. The van der Waals surface area contributed by atoms with E-state index < -0.39 is 10.8 Å². The number of fused-ring (bicyclic) bond motifs is 1. The van der Waals surface area contributed by atoms with Gasteiger partial charge < -0.3 is 15.5 Å². The van der Waals surface area contributed by atoms with Crippen LogP contribution in [0, 0.1) is 17.0 Å². The van der Waals surface area contributed by atoms with Crippen molar-refractivity contribution in [3.63, 3.8) is 0 Å². The van der Waals surface area contributed by atoms with Crippen LogP contribution in [-0.2, 0) is 0 Å². The Hall–Kier alpha value is -6.30. The van der Waals surface area contributed by atoms with Crippen LogP contribution in [0.1, 0.15) is 21.6 Å². The SMILES string of the molecule is Cc1nn(-c2ccccc2)c(Oc2ccc(-c3nc4cc(C(N)=O)ccc4[nH]3)cc2)c1/C=N/Nc1ccc([N+](=O)[O-])cc1. The molecule has 12 nitrogen and oxygen atoms in total. The lowest BCUT2D eigenvalue weighted by molar-refractivity contribution is -0.384. The van der Waals surface area contributed by atoms with E-state index in [1.165, 1.54) is 12.1 Å². The third-order valence-corrected chi connectivity index (χ3v) is 6.64. The topological polar surface area (TPSA) is 166 Å². The highest BCUT2D eigenvalue weighted by Gasteiger charge is 2.18. The fourth-order valence-electron chi connectivity index (χ4n) is 4.43. The Morgan fingerprint density at radius 2 is 1.79 bits per heavy atom. The molecule has 6 rings (SSSR count). The van der Waals surface area contributed by atoms with Gasteiger partial charge in [-0.3, -0.25) is 20.3 Å². The van der Waals surface area contributed by atoms with Crippen molar-refractivity contribution in [1.82, 2.24) is 19.7 Å². The number of H-pyrrole nitrogens is 1. The number of nitrogens with two attached hydrogens (primary N) is 1. The third-order valence-electron chi connectivity index (χ3n) is 6.64. The van der Waals surface area contributed by atoms with Gasteiger partial charge >= 0.3 is 0 Å². The number of carbonyl (C=O) groups is 1. The Balaban J connectivity index is 1.28. The number of hydrogen-bond acceptors (Lipinski definition) is 8. The molecule has 4 aromatic carbocycles. The van der Waals surface area contributed by atoms with Gasteiger partial charge in [0.05, 0.1) is 44.8 Å². The first-order chi connectivity index (χ1) is 20.9. The number of nitrogens with one attached hydrogen (secondary N) is 2. The van der Waals surface area contributed by atoms with Gasteiger partial charge in [-0.25, -0.2) is 4.98 Å². The Labute approximate surface area is 244 Å². The van der Waals surface area contributed by atoms with Gasteiger partial charge in [0.15, 0.2) is 0 Å². The van der Waals surface area contributed by atoms with Crippen LogP contribution in [0.15, 0.2) is 102 Å². The molecule has 0 radical (unpaired) electrons. The van der Waals surface area contributed by atoms with Crippen molar-refractivity contribution in [2.45, 2.75) is 6.92 Å². The molecule has 0 spiro atoms. The van der Waals surface area contributed by atoms with Crippen LogP contribution in [-0.4, -0.2) is 36.8 Å². The van der Waals surface area contributed by atoms with Gasteiger partial charge in [0, 0.05) is 23.3 Å². The molecule has 43 heavy (non-hydrogen) atoms. The van der Waals surface area contributed by atoms with E-state index in [2.05, 4.69) is 20.5 Å². The number of amides is 1. The number of non-ortho nitro benzene ring substituents is 1. The molecule has 12 heteroatoms. The highest BCUT2D eigenvalue weighted by molar-refractivity contribution is 5.96. The van der Waals surface area contributed by atoms with Gasteiger partial charge in [-0.05, 0) is 73.7 Å². The monoisotopic (exact) mass is 572 g/mol. The van der Waals surface area contributed by atoms with Crippen molar-refractivity contribution in [2.75, 3.05) is 5.43 Å². The molecule has 212 valence electrons. The van der Waals surface area contributed by atoms with Crippen LogP contribution in [0.4, 0.5) is 11.4 Å². The van der Waals surface area contributed by atoms with Gasteiger partial charge in [0.25, 0.3) is 5.69 Å². The first-order valence-corrected chi connectivity index (χ1v) is 13.1. The second kappa shape index (κ2) is 11.3. The Bertz CT molecular complexity index is 1980. The van der Waals surface area contributed by atoms with Crippen LogP contribution in [0.25, 0.3) is 28.1 Å². The summed E-state index contributed by atoms with van der Waals surface area (Å²) in [6.45, 7) is 1.86. The zero-order chi connectivity index (χ0) is 29.9. The molecular weight excluding hydrogens is 548 g/mol. The van der Waals surface area contributed by atoms with E-state index >= 15 is 0 Å². The number of nitro groups is 1. The summed E-state index contributed by atoms with van der Waals surface area (Å²) in [6, 6.07) is 28.0. The molecular formula is C31H24N8O4. The van der Waals surface area contributed by atoms with Crippen LogP contribution in [0.2, 0.25) is 0 Å². The largest absolute Gasteiger partial charge is 0.438 e. The predicted octanol–water partition coefficient (Wildman–Crippen LogP) is 5.97. The lowest BCUT2D eigenvalue weighted by Gasteiger charge is -2.10. The molecule has 0 fully saturated rings. The molecule has 0 unspecified atom stereocenters. The maximum atomic E-state index is 11.5. The summed E-state index contributed by atoms with van der Waals surface area (Å²) in [5.74, 6) is 1.14. The minimum atomic E-state index is -0.510. The quantitative estimate of drug-likeness (QED) is 0.109. The molecule has 0 aliphatic carbocycles. The van der Waals surface area contributed by atoms with Crippen LogP contribution < -0.4 is 15.9 Å². The van der Waals surface area contributed by atoms with E-state index in [9.17, 15) is 14.9 Å². The average Bonchev–Trinajstić information content (AvgIpc) is 3.58. The summed E-state index contributed by atoms with van der Waals surface area (Å²) >= 11 is 0. The maximum absolute atomic E-state index is 11.5. The second-order valence-corrected chi connectivity index (χ2v) is 9.53. The number of benzene rings is 4. The Morgan fingerprint density at radius 1 is 1.05 bits per heavy atom. The molecule has 2 heterocycles. The summed E-state index contributed by atoms with van der Waals surface area (Å²) in [7, 11) is 0. The number of para-hydroxylation sites is 1. The normalized spacial score (nSPS) is 11.2. The summed E-state index contributed by atoms with van der Waals surface area (Å²) in [5, 5.41) is 19.9. The van der Waals surface area contributed by atoms with Crippen molar-refractivity contribution in [2.24, 2.45) is 10.8 Å². The number of nitro benzene ring substituents is 1. The number of imidazole rings is 1. The van der Waals surface area contributed by atoms with Crippen molar-refractivity contribution < 1.29 is 14.5 Å². The van der Waals surface area contributed by atoms with Crippen LogP contribution in [0.5, 0.6) is 11.6 Å². The number of hydrogen-bond donors (Lipinski definition) is 3. The number of nitrogens with zero attached hydrogens (tertiary/aromatic N) is 5. The highest BCUT2D eigenvalue weighted by atomic mass is 16.6. The average molecular weight is 573 g/mol. The predicted molar refractivity (Wildman–Crippen MR) is 163 cm³/mol. The number of anilines is 1. The fraction of sp³-hybridized carbons (Fsp3) is 0.0323. The van der Waals surface area contributed by atoms with E-state index in [1.807, 2.05) is 61.5 Å². The fourth-order valence-corrected chi connectivity index (χ4v) is 4.43. The van der Waals surface area contributed by atoms with Crippen molar-refractivity contribution in [3.05, 3.63) is 124 Å². The molecule has 0 atom stereocenters. The maximum Gasteiger partial charge on any atom is 0.269 e. The number of carbonyl (C=O) groups excluding carboxylic acids is 1. The minimum Gasteiger partial charge on any atom is -0.438 e.